The van der Waals surface area contributed by atoms with Crippen LogP contribution in [0.5, 0.6) is 0 Å². The Morgan fingerprint density at radius 2 is 1.95 bits per heavy atom. The van der Waals surface area contributed by atoms with E-state index in [1.54, 1.807) is 0 Å². The molecule has 0 unspecified atom stereocenters. The molecule has 1 saturated carbocycles. The van der Waals surface area contributed by atoms with Crippen LogP contribution in [0.1, 0.15) is 31.7 Å². The summed E-state index contributed by atoms with van der Waals surface area (Å²) in [7, 11) is 0. The minimum absolute atomic E-state index is 0.183. The molecule has 2 aliphatic rings. The average molecular weight is 256 g/mol. The van der Waals surface area contributed by atoms with E-state index in [2.05, 4.69) is 0 Å². The van der Waals surface area contributed by atoms with Gasteiger partial charge in [-0.05, 0) is 29.9 Å². The lowest BCUT2D eigenvalue weighted by atomic mass is 9.99. The van der Waals surface area contributed by atoms with E-state index >= 15 is 0 Å². The molecule has 0 radical (unpaired) electrons. The molecule has 0 N–H and O–H groups in total. The topological polar surface area (TPSA) is 43.4 Å². The van der Waals surface area contributed by atoms with Gasteiger partial charge in [0.1, 0.15) is 6.10 Å². The number of fused-ring (bicyclic) bond motifs is 1. The van der Waals surface area contributed by atoms with Crippen molar-refractivity contribution in [1.82, 2.24) is 0 Å². The Morgan fingerprint density at radius 1 is 1.21 bits per heavy atom. The van der Waals surface area contributed by atoms with Crippen molar-refractivity contribution >= 4 is 17.3 Å². The Morgan fingerprint density at radius 3 is 2.63 bits per heavy atom. The molecule has 1 aromatic carbocycles. The predicted octanol–water partition coefficient (Wildman–Crippen LogP) is 2.75. The molecule has 3 heteroatoms. The van der Waals surface area contributed by atoms with Crippen molar-refractivity contribution in [3.63, 3.8) is 0 Å². The molecule has 0 aliphatic heterocycles. The van der Waals surface area contributed by atoms with Crippen LogP contribution in [-0.2, 0) is 14.3 Å². The quantitative estimate of drug-likeness (QED) is 0.764. The van der Waals surface area contributed by atoms with Gasteiger partial charge in [-0.3, -0.25) is 9.59 Å². The summed E-state index contributed by atoms with van der Waals surface area (Å²) in [5, 5.41) is 0. The second kappa shape index (κ2) is 4.65. The Kier molecular flexibility index (Phi) is 2.97. The van der Waals surface area contributed by atoms with Crippen molar-refractivity contribution in [1.29, 1.82) is 0 Å². The standard InChI is InChI=1S/C16H16O3/c1-10(17)19-14-8-7-12-9-13(18)15(16(12)14)11-5-3-2-4-6-11/h2-6,12,14H,7-9H2,1H3/t12-,14+/m0/s1. The molecule has 0 heterocycles. The van der Waals surface area contributed by atoms with E-state index in [1.807, 2.05) is 30.3 Å². The first kappa shape index (κ1) is 12.2. The van der Waals surface area contributed by atoms with Gasteiger partial charge >= 0.3 is 5.97 Å². The largest absolute Gasteiger partial charge is 0.458 e. The van der Waals surface area contributed by atoms with Crippen molar-refractivity contribution in [3.05, 3.63) is 41.5 Å². The number of carbonyl (C=O) groups is 2. The van der Waals surface area contributed by atoms with E-state index < -0.39 is 0 Å². The SMILES string of the molecule is CC(=O)O[C@@H]1CC[C@H]2CC(=O)C(c3ccccc3)=C21. The molecule has 0 spiro atoms. The number of Topliss-reactive ketones (excluding diaryl/α,β-unsaturated/α-hetero) is 1. The monoisotopic (exact) mass is 256 g/mol. The highest BCUT2D eigenvalue weighted by Gasteiger charge is 2.42. The Labute approximate surface area is 112 Å². The lowest BCUT2D eigenvalue weighted by Crippen LogP contribution is -2.15. The van der Waals surface area contributed by atoms with Crippen molar-refractivity contribution in [3.8, 4) is 0 Å². The van der Waals surface area contributed by atoms with Crippen LogP contribution in [0.15, 0.2) is 35.9 Å². The third kappa shape index (κ3) is 2.09. The number of esters is 1. The van der Waals surface area contributed by atoms with Crippen LogP contribution < -0.4 is 0 Å². The lowest BCUT2D eigenvalue weighted by molar-refractivity contribution is -0.144. The molecule has 1 fully saturated rings. The van der Waals surface area contributed by atoms with Gasteiger partial charge in [-0.15, -0.1) is 0 Å². The summed E-state index contributed by atoms with van der Waals surface area (Å²) in [5.41, 5.74) is 2.78. The number of ketones is 1. The summed E-state index contributed by atoms with van der Waals surface area (Å²) < 4.78 is 5.38. The second-order valence-corrected chi connectivity index (χ2v) is 5.20. The molecule has 0 aromatic heterocycles. The molecule has 3 rings (SSSR count). The molecule has 2 aliphatic carbocycles. The normalized spacial score (nSPS) is 25.6. The Bertz CT molecular complexity index is 557. The minimum Gasteiger partial charge on any atom is -0.458 e. The highest BCUT2D eigenvalue weighted by molar-refractivity contribution is 6.24. The lowest BCUT2D eigenvalue weighted by Gasteiger charge is -2.14. The Hall–Kier alpha value is -1.90. The van der Waals surface area contributed by atoms with Gasteiger partial charge in [-0.1, -0.05) is 30.3 Å². The molecule has 98 valence electrons. The smallest absolute Gasteiger partial charge is 0.303 e. The maximum atomic E-state index is 12.2. The van der Waals surface area contributed by atoms with Gasteiger partial charge in [0.25, 0.3) is 0 Å². The predicted molar refractivity (Wildman–Crippen MR) is 71.3 cm³/mol. The van der Waals surface area contributed by atoms with E-state index in [0.29, 0.717) is 6.42 Å². The highest BCUT2D eigenvalue weighted by atomic mass is 16.5. The van der Waals surface area contributed by atoms with Crippen LogP contribution in [0, 0.1) is 5.92 Å². The van der Waals surface area contributed by atoms with Crippen LogP contribution in [-0.4, -0.2) is 17.9 Å². The number of benzene rings is 1. The number of hydrogen-bond donors (Lipinski definition) is 0. The number of allylic oxidation sites excluding steroid dienone is 1. The molecule has 3 nitrogen and oxygen atoms in total. The molecule has 0 saturated heterocycles. The fourth-order valence-electron chi connectivity index (χ4n) is 3.25. The number of rotatable bonds is 2. The number of hydrogen-bond acceptors (Lipinski definition) is 3. The highest BCUT2D eigenvalue weighted by Crippen LogP contribution is 2.46. The van der Waals surface area contributed by atoms with Gasteiger partial charge in [-0.2, -0.15) is 0 Å². The van der Waals surface area contributed by atoms with Crippen molar-refractivity contribution in [2.24, 2.45) is 5.92 Å². The number of ether oxygens (including phenoxy) is 1. The first-order valence-electron chi connectivity index (χ1n) is 6.66. The van der Waals surface area contributed by atoms with Crippen LogP contribution in [0.3, 0.4) is 0 Å². The van der Waals surface area contributed by atoms with E-state index in [0.717, 1.165) is 29.6 Å². The van der Waals surface area contributed by atoms with E-state index in [4.69, 9.17) is 4.74 Å². The fraction of sp³-hybridized carbons (Fsp3) is 0.375. The minimum atomic E-state index is -0.273. The van der Waals surface area contributed by atoms with Crippen LogP contribution in [0.2, 0.25) is 0 Å². The van der Waals surface area contributed by atoms with Gasteiger partial charge in [0, 0.05) is 18.9 Å². The average Bonchev–Trinajstić information content (AvgIpc) is 2.89. The van der Waals surface area contributed by atoms with Gasteiger partial charge in [-0.25, -0.2) is 0 Å². The zero-order chi connectivity index (χ0) is 13.4. The van der Waals surface area contributed by atoms with Crippen molar-refractivity contribution in [2.45, 2.75) is 32.3 Å². The zero-order valence-electron chi connectivity index (χ0n) is 10.9. The van der Waals surface area contributed by atoms with Gasteiger partial charge < -0.3 is 4.74 Å². The Balaban J connectivity index is 2.05. The van der Waals surface area contributed by atoms with Crippen LogP contribution in [0.4, 0.5) is 0 Å². The van der Waals surface area contributed by atoms with Gasteiger partial charge in [0.05, 0.1) is 0 Å². The van der Waals surface area contributed by atoms with Crippen molar-refractivity contribution < 1.29 is 14.3 Å². The molecule has 1 aromatic rings. The summed E-state index contributed by atoms with van der Waals surface area (Å²) in [6.45, 7) is 1.42. The third-order valence-electron chi connectivity index (χ3n) is 3.93. The van der Waals surface area contributed by atoms with E-state index in [9.17, 15) is 9.59 Å². The third-order valence-corrected chi connectivity index (χ3v) is 3.93. The van der Waals surface area contributed by atoms with Crippen molar-refractivity contribution in [2.75, 3.05) is 0 Å². The molecular weight excluding hydrogens is 240 g/mol. The van der Waals surface area contributed by atoms with Crippen LogP contribution in [0.25, 0.3) is 5.57 Å². The first-order chi connectivity index (χ1) is 9.16. The summed E-state index contributed by atoms with van der Waals surface area (Å²) in [5.74, 6) is 0.181. The first-order valence-corrected chi connectivity index (χ1v) is 6.66. The summed E-state index contributed by atoms with van der Waals surface area (Å²) in [4.78, 5) is 23.4. The van der Waals surface area contributed by atoms with E-state index in [-0.39, 0.29) is 23.8 Å². The van der Waals surface area contributed by atoms with Crippen LogP contribution >= 0.6 is 0 Å². The van der Waals surface area contributed by atoms with Gasteiger partial charge in [0.2, 0.25) is 0 Å². The molecular formula is C16H16O3. The van der Waals surface area contributed by atoms with Gasteiger partial charge in [0.15, 0.2) is 5.78 Å². The zero-order valence-corrected chi connectivity index (χ0v) is 10.9. The molecule has 19 heavy (non-hydrogen) atoms. The maximum absolute atomic E-state index is 12.2. The maximum Gasteiger partial charge on any atom is 0.303 e. The fourth-order valence-corrected chi connectivity index (χ4v) is 3.25. The summed E-state index contributed by atoms with van der Waals surface area (Å²) in [6, 6.07) is 9.69. The molecule has 0 amide bonds. The summed E-state index contributed by atoms with van der Waals surface area (Å²) in [6.07, 6.45) is 2.14. The number of carbonyl (C=O) groups excluding carboxylic acids is 2. The summed E-state index contributed by atoms with van der Waals surface area (Å²) >= 11 is 0. The van der Waals surface area contributed by atoms with E-state index in [1.165, 1.54) is 6.92 Å². The molecule has 0 bridgehead atoms. The second-order valence-electron chi connectivity index (χ2n) is 5.20. The molecule has 2 atom stereocenters.